The largest absolute Gasteiger partial charge is 0.449 e. The highest BCUT2D eigenvalue weighted by atomic mass is 35.5. The van der Waals surface area contributed by atoms with Crippen LogP contribution in [0.2, 0.25) is 0 Å². The molecule has 3 heteroatoms. The van der Waals surface area contributed by atoms with Crippen LogP contribution in [0.25, 0.3) is 0 Å². The lowest BCUT2D eigenvalue weighted by Crippen LogP contribution is -2.10. The number of rotatable bonds is 4. The summed E-state index contributed by atoms with van der Waals surface area (Å²) in [6, 6.07) is 19.2. The Bertz CT molecular complexity index is 510. The number of carbonyl (C=O) groups is 1. The predicted octanol–water partition coefficient (Wildman–Crippen LogP) is 4.07. The Morgan fingerprint density at radius 2 is 1.42 bits per heavy atom. The van der Waals surface area contributed by atoms with Crippen LogP contribution in [0.4, 0.5) is 0 Å². The van der Waals surface area contributed by atoms with Crippen molar-refractivity contribution in [3.05, 3.63) is 83.4 Å². The normalized spacial score (nSPS) is 10.8. The molecular formula is C16H13ClO2. The topological polar surface area (TPSA) is 26.3 Å². The fourth-order valence-corrected chi connectivity index (χ4v) is 1.89. The van der Waals surface area contributed by atoms with Crippen LogP contribution < -0.4 is 0 Å². The molecule has 0 saturated heterocycles. The monoisotopic (exact) mass is 272 g/mol. The van der Waals surface area contributed by atoms with Crippen molar-refractivity contribution in [2.24, 2.45) is 0 Å². The van der Waals surface area contributed by atoms with E-state index in [9.17, 15) is 4.79 Å². The van der Waals surface area contributed by atoms with E-state index in [1.54, 1.807) is 0 Å². The van der Waals surface area contributed by atoms with Crippen molar-refractivity contribution >= 4 is 17.6 Å². The first-order valence-corrected chi connectivity index (χ1v) is 6.32. The molecule has 2 nitrogen and oxygen atoms in total. The van der Waals surface area contributed by atoms with Crippen LogP contribution in [0.15, 0.2) is 72.3 Å². The van der Waals surface area contributed by atoms with Crippen LogP contribution in [0, 0.1) is 0 Å². The van der Waals surface area contributed by atoms with Crippen LogP contribution in [-0.4, -0.2) is 5.97 Å². The van der Waals surface area contributed by atoms with Crippen LogP contribution in [0.3, 0.4) is 0 Å². The fraction of sp³-hybridized carbons (Fsp3) is 0.0625. The van der Waals surface area contributed by atoms with E-state index < -0.39 is 12.1 Å². The van der Waals surface area contributed by atoms with Gasteiger partial charge in [0.2, 0.25) is 0 Å². The Balaban J connectivity index is 2.32. The van der Waals surface area contributed by atoms with E-state index in [-0.39, 0.29) is 0 Å². The van der Waals surface area contributed by atoms with Crippen molar-refractivity contribution in [2.75, 3.05) is 0 Å². The highest BCUT2D eigenvalue weighted by Crippen LogP contribution is 2.25. The lowest BCUT2D eigenvalue weighted by molar-refractivity contribution is -0.141. The minimum Gasteiger partial charge on any atom is -0.449 e. The van der Waals surface area contributed by atoms with Gasteiger partial charge in [-0.2, -0.15) is 0 Å². The summed E-state index contributed by atoms with van der Waals surface area (Å²) in [6.07, 6.45) is 0.767. The maximum atomic E-state index is 11.6. The quantitative estimate of drug-likeness (QED) is 0.619. The number of ether oxygens (including phenoxy) is 1. The van der Waals surface area contributed by atoms with Crippen LogP contribution in [0.1, 0.15) is 17.2 Å². The molecule has 0 heterocycles. The second-order valence-corrected chi connectivity index (χ2v) is 4.18. The van der Waals surface area contributed by atoms with Gasteiger partial charge in [-0.05, 0) is 11.1 Å². The van der Waals surface area contributed by atoms with E-state index in [1.165, 1.54) is 6.08 Å². The Hall–Kier alpha value is -2.06. The van der Waals surface area contributed by atoms with Gasteiger partial charge in [-0.15, -0.1) is 0 Å². The summed E-state index contributed by atoms with van der Waals surface area (Å²) < 4.78 is 5.45. The summed E-state index contributed by atoms with van der Waals surface area (Å²) in [5, 5.41) is 0. The molecule has 0 aliphatic heterocycles. The van der Waals surface area contributed by atoms with Gasteiger partial charge in [0.15, 0.2) is 6.10 Å². The SMILES string of the molecule is O=C(C=CCl)OC(c1ccccc1)c1ccccc1. The molecule has 19 heavy (non-hydrogen) atoms. The molecule has 0 spiro atoms. The number of halogens is 1. The summed E-state index contributed by atoms with van der Waals surface area (Å²) in [4.78, 5) is 11.6. The van der Waals surface area contributed by atoms with Gasteiger partial charge in [-0.25, -0.2) is 4.79 Å². The maximum absolute atomic E-state index is 11.6. The molecule has 2 aromatic carbocycles. The minimum absolute atomic E-state index is 0.428. The molecule has 96 valence electrons. The van der Waals surface area contributed by atoms with Crippen molar-refractivity contribution in [3.63, 3.8) is 0 Å². The standard InChI is InChI=1S/C16H13ClO2/c17-12-11-15(18)19-16(13-7-3-1-4-8-13)14-9-5-2-6-10-14/h1-12,16H. The number of carbonyl (C=O) groups excluding carboxylic acids is 1. The molecule has 0 N–H and O–H groups in total. The lowest BCUT2D eigenvalue weighted by atomic mass is 10.0. The van der Waals surface area contributed by atoms with E-state index in [4.69, 9.17) is 16.3 Å². The summed E-state index contributed by atoms with van der Waals surface area (Å²) in [5.74, 6) is -0.465. The van der Waals surface area contributed by atoms with Crippen LogP contribution >= 0.6 is 11.6 Å². The number of hydrogen-bond acceptors (Lipinski definition) is 2. The van der Waals surface area contributed by atoms with Crippen LogP contribution in [0.5, 0.6) is 0 Å². The number of hydrogen-bond donors (Lipinski definition) is 0. The smallest absolute Gasteiger partial charge is 0.332 e. The van der Waals surface area contributed by atoms with Crippen LogP contribution in [-0.2, 0) is 9.53 Å². The van der Waals surface area contributed by atoms with Gasteiger partial charge in [0.1, 0.15) is 0 Å². The zero-order valence-corrected chi connectivity index (χ0v) is 11.0. The van der Waals surface area contributed by atoms with Crippen molar-refractivity contribution < 1.29 is 9.53 Å². The molecule has 0 amide bonds. The molecular weight excluding hydrogens is 260 g/mol. The Labute approximate surface area is 117 Å². The highest BCUT2D eigenvalue weighted by Gasteiger charge is 2.17. The highest BCUT2D eigenvalue weighted by molar-refractivity contribution is 6.26. The first kappa shape index (κ1) is 13.4. The Morgan fingerprint density at radius 1 is 0.947 bits per heavy atom. The molecule has 0 radical (unpaired) electrons. The van der Waals surface area contributed by atoms with Gasteiger partial charge in [-0.1, -0.05) is 72.3 Å². The molecule has 0 aliphatic rings. The van der Waals surface area contributed by atoms with E-state index in [0.717, 1.165) is 16.7 Å². The van der Waals surface area contributed by atoms with Gasteiger partial charge >= 0.3 is 5.97 Å². The molecule has 0 saturated carbocycles. The Morgan fingerprint density at radius 3 is 1.84 bits per heavy atom. The van der Waals surface area contributed by atoms with E-state index >= 15 is 0 Å². The van der Waals surface area contributed by atoms with Gasteiger partial charge in [0, 0.05) is 11.6 Å². The molecule has 0 fully saturated rings. The average molecular weight is 273 g/mol. The van der Waals surface area contributed by atoms with Crippen molar-refractivity contribution in [3.8, 4) is 0 Å². The lowest BCUT2D eigenvalue weighted by Gasteiger charge is -2.17. The third-order valence-electron chi connectivity index (χ3n) is 2.64. The fourth-order valence-electron chi connectivity index (χ4n) is 1.79. The third kappa shape index (κ3) is 3.70. The third-order valence-corrected chi connectivity index (χ3v) is 2.76. The molecule has 0 atom stereocenters. The summed E-state index contributed by atoms with van der Waals surface area (Å²) in [7, 11) is 0. The predicted molar refractivity (Wildman–Crippen MR) is 75.8 cm³/mol. The first-order chi connectivity index (χ1) is 9.31. The van der Waals surface area contributed by atoms with Crippen molar-refractivity contribution in [2.45, 2.75) is 6.10 Å². The zero-order chi connectivity index (χ0) is 13.5. The second-order valence-electron chi connectivity index (χ2n) is 3.93. The average Bonchev–Trinajstić information content (AvgIpc) is 2.47. The van der Waals surface area contributed by atoms with Gasteiger partial charge in [-0.3, -0.25) is 0 Å². The van der Waals surface area contributed by atoms with E-state index in [0.29, 0.717) is 0 Å². The van der Waals surface area contributed by atoms with Gasteiger partial charge in [0.25, 0.3) is 0 Å². The number of esters is 1. The molecule has 0 aliphatic carbocycles. The molecule has 0 aromatic heterocycles. The molecule has 2 rings (SSSR count). The van der Waals surface area contributed by atoms with E-state index in [2.05, 4.69) is 0 Å². The summed E-state index contributed by atoms with van der Waals surface area (Å²) in [5.41, 5.74) is 2.99. The Kier molecular flexibility index (Phi) is 4.76. The zero-order valence-electron chi connectivity index (χ0n) is 10.2. The maximum Gasteiger partial charge on any atom is 0.332 e. The summed E-state index contributed by atoms with van der Waals surface area (Å²) >= 11 is 5.39. The molecule has 0 bridgehead atoms. The second kappa shape index (κ2) is 6.76. The van der Waals surface area contributed by atoms with Gasteiger partial charge in [0.05, 0.1) is 0 Å². The summed E-state index contributed by atoms with van der Waals surface area (Å²) in [6.45, 7) is 0. The molecule has 0 unspecified atom stereocenters. The minimum atomic E-state index is -0.465. The van der Waals surface area contributed by atoms with Crippen molar-refractivity contribution in [1.29, 1.82) is 0 Å². The van der Waals surface area contributed by atoms with E-state index in [1.807, 2.05) is 60.7 Å². The first-order valence-electron chi connectivity index (χ1n) is 5.88. The van der Waals surface area contributed by atoms with Crippen molar-refractivity contribution in [1.82, 2.24) is 0 Å². The molecule has 2 aromatic rings. The number of benzene rings is 2. The van der Waals surface area contributed by atoms with Gasteiger partial charge < -0.3 is 4.74 Å².